The largest absolute Gasteiger partial charge is 0.298 e. The molecule has 3 aromatic rings. The fourth-order valence-corrected chi connectivity index (χ4v) is 5.86. The van der Waals surface area contributed by atoms with E-state index in [0.717, 1.165) is 43.1 Å². The molecule has 2 aromatic heterocycles. The number of rotatable bonds is 6. The normalized spacial score (nSPS) is 20.2. The standard InChI is InChI=1S/C23H29ClN6S/c24-19-10-8-18(9-11-19)22(23-25-26-27-30(23)17-21-7-4-16-31-21)29-14-12-28(13-15-29)20-5-2-1-3-6-20/h4,7-11,16,20,22H,1-3,5-6,12-15,17H2/t22-/m1/s1. The quantitative estimate of drug-likeness (QED) is 0.547. The highest BCUT2D eigenvalue weighted by atomic mass is 35.5. The minimum Gasteiger partial charge on any atom is -0.298 e. The molecule has 6 nitrogen and oxygen atoms in total. The van der Waals surface area contributed by atoms with Crippen molar-refractivity contribution in [2.45, 2.75) is 50.7 Å². The van der Waals surface area contributed by atoms with Gasteiger partial charge in [-0.25, -0.2) is 4.68 Å². The van der Waals surface area contributed by atoms with E-state index in [2.05, 4.69) is 55.0 Å². The molecule has 5 rings (SSSR count). The molecule has 1 aliphatic carbocycles. The molecule has 2 aliphatic rings. The number of hydrogen-bond donors (Lipinski definition) is 0. The minimum absolute atomic E-state index is 0.0285. The van der Waals surface area contributed by atoms with Gasteiger partial charge in [-0.05, 0) is 52.4 Å². The predicted octanol–water partition coefficient (Wildman–Crippen LogP) is 4.48. The first kappa shape index (κ1) is 21.1. The Bertz CT molecular complexity index is 943. The Morgan fingerprint density at radius 1 is 1.00 bits per heavy atom. The number of hydrogen-bond acceptors (Lipinski definition) is 6. The van der Waals surface area contributed by atoms with E-state index >= 15 is 0 Å². The van der Waals surface area contributed by atoms with Crippen molar-refractivity contribution in [3.05, 3.63) is 63.1 Å². The van der Waals surface area contributed by atoms with E-state index in [-0.39, 0.29) is 6.04 Å². The van der Waals surface area contributed by atoms with Gasteiger partial charge in [0.05, 0.1) is 12.6 Å². The fraction of sp³-hybridized carbons (Fsp3) is 0.522. The maximum Gasteiger partial charge on any atom is 0.173 e. The van der Waals surface area contributed by atoms with Gasteiger partial charge in [-0.3, -0.25) is 9.80 Å². The summed E-state index contributed by atoms with van der Waals surface area (Å²) >= 11 is 7.93. The van der Waals surface area contributed by atoms with Crippen LogP contribution in [0, 0.1) is 0 Å². The molecule has 1 saturated heterocycles. The molecule has 0 bridgehead atoms. The predicted molar refractivity (Wildman–Crippen MR) is 125 cm³/mol. The number of thiophene rings is 1. The summed E-state index contributed by atoms with van der Waals surface area (Å²) in [6.07, 6.45) is 6.90. The number of halogens is 1. The number of tetrazole rings is 1. The van der Waals surface area contributed by atoms with Crippen LogP contribution in [0.25, 0.3) is 0 Å². The molecule has 1 saturated carbocycles. The number of piperazine rings is 1. The van der Waals surface area contributed by atoms with Crippen molar-refractivity contribution in [1.82, 2.24) is 30.0 Å². The van der Waals surface area contributed by atoms with Crippen molar-refractivity contribution >= 4 is 22.9 Å². The van der Waals surface area contributed by atoms with Crippen LogP contribution in [-0.4, -0.2) is 62.2 Å². The van der Waals surface area contributed by atoms with Gasteiger partial charge in [0.1, 0.15) is 0 Å². The summed E-state index contributed by atoms with van der Waals surface area (Å²) in [6.45, 7) is 4.97. The third kappa shape index (κ3) is 4.85. The molecule has 31 heavy (non-hydrogen) atoms. The highest BCUT2D eigenvalue weighted by Crippen LogP contribution is 2.31. The van der Waals surface area contributed by atoms with Crippen LogP contribution < -0.4 is 0 Å². The zero-order valence-electron chi connectivity index (χ0n) is 17.7. The van der Waals surface area contributed by atoms with E-state index in [9.17, 15) is 0 Å². The van der Waals surface area contributed by atoms with E-state index < -0.39 is 0 Å². The lowest BCUT2D eigenvalue weighted by Gasteiger charge is -2.43. The van der Waals surface area contributed by atoms with E-state index in [4.69, 9.17) is 11.6 Å². The second-order valence-electron chi connectivity index (χ2n) is 8.59. The first-order chi connectivity index (χ1) is 15.3. The molecule has 0 N–H and O–H groups in total. The van der Waals surface area contributed by atoms with Gasteiger partial charge in [-0.2, -0.15) is 0 Å². The van der Waals surface area contributed by atoms with E-state index in [1.165, 1.54) is 42.5 Å². The number of nitrogens with zero attached hydrogens (tertiary/aromatic N) is 6. The molecule has 2 fully saturated rings. The summed E-state index contributed by atoms with van der Waals surface area (Å²) in [4.78, 5) is 6.51. The lowest BCUT2D eigenvalue weighted by atomic mass is 9.93. The molecule has 1 aliphatic heterocycles. The Morgan fingerprint density at radius 2 is 1.77 bits per heavy atom. The summed E-state index contributed by atoms with van der Waals surface area (Å²) in [7, 11) is 0. The molecule has 3 heterocycles. The average Bonchev–Trinajstić information content (AvgIpc) is 3.49. The van der Waals surface area contributed by atoms with Crippen LogP contribution in [0.4, 0.5) is 0 Å². The molecular weight excluding hydrogens is 428 g/mol. The van der Waals surface area contributed by atoms with Crippen molar-refractivity contribution in [2.24, 2.45) is 0 Å². The fourth-order valence-electron chi connectivity index (χ4n) is 5.05. The van der Waals surface area contributed by atoms with Gasteiger partial charge < -0.3 is 0 Å². The minimum atomic E-state index is 0.0285. The molecule has 0 spiro atoms. The zero-order chi connectivity index (χ0) is 21.0. The lowest BCUT2D eigenvalue weighted by Crippen LogP contribution is -2.52. The second-order valence-corrected chi connectivity index (χ2v) is 10.1. The van der Waals surface area contributed by atoms with Crippen LogP contribution in [0.3, 0.4) is 0 Å². The monoisotopic (exact) mass is 456 g/mol. The summed E-state index contributed by atoms with van der Waals surface area (Å²) < 4.78 is 1.96. The van der Waals surface area contributed by atoms with Gasteiger partial charge in [0.2, 0.25) is 0 Å². The molecule has 0 unspecified atom stereocenters. The topological polar surface area (TPSA) is 50.1 Å². The third-order valence-electron chi connectivity index (χ3n) is 6.68. The molecule has 8 heteroatoms. The van der Waals surface area contributed by atoms with Gasteiger partial charge in [0, 0.05) is 42.1 Å². The van der Waals surface area contributed by atoms with Crippen molar-refractivity contribution in [1.29, 1.82) is 0 Å². The Kier molecular flexibility index (Phi) is 6.64. The summed E-state index contributed by atoms with van der Waals surface area (Å²) in [5.74, 6) is 0.904. The van der Waals surface area contributed by atoms with Crippen molar-refractivity contribution in [2.75, 3.05) is 26.2 Å². The van der Waals surface area contributed by atoms with E-state index in [0.29, 0.717) is 6.54 Å². The van der Waals surface area contributed by atoms with E-state index in [1.807, 2.05) is 16.8 Å². The smallest absolute Gasteiger partial charge is 0.173 e. The van der Waals surface area contributed by atoms with Crippen LogP contribution in [0.5, 0.6) is 0 Å². The maximum atomic E-state index is 6.19. The van der Waals surface area contributed by atoms with Crippen LogP contribution in [0.2, 0.25) is 5.02 Å². The van der Waals surface area contributed by atoms with Crippen molar-refractivity contribution in [3.63, 3.8) is 0 Å². The van der Waals surface area contributed by atoms with Crippen LogP contribution >= 0.6 is 22.9 Å². The van der Waals surface area contributed by atoms with Crippen molar-refractivity contribution in [3.8, 4) is 0 Å². The summed E-state index contributed by atoms with van der Waals surface area (Å²) in [6, 6.07) is 13.2. The van der Waals surface area contributed by atoms with E-state index in [1.54, 1.807) is 11.3 Å². The van der Waals surface area contributed by atoms with Gasteiger partial charge in [0.25, 0.3) is 0 Å². The SMILES string of the molecule is Clc1ccc([C@H](c2nnnn2Cc2cccs2)N2CCN(C3CCCCC3)CC2)cc1. The molecule has 0 amide bonds. The van der Waals surface area contributed by atoms with Crippen LogP contribution in [0.15, 0.2) is 41.8 Å². The number of benzene rings is 1. The van der Waals surface area contributed by atoms with Gasteiger partial charge >= 0.3 is 0 Å². The number of aromatic nitrogens is 4. The highest BCUT2D eigenvalue weighted by Gasteiger charge is 2.32. The molecule has 0 radical (unpaired) electrons. The van der Waals surface area contributed by atoms with Gasteiger partial charge in [-0.1, -0.05) is 49.1 Å². The Morgan fingerprint density at radius 3 is 2.48 bits per heavy atom. The third-order valence-corrected chi connectivity index (χ3v) is 7.79. The van der Waals surface area contributed by atoms with Crippen molar-refractivity contribution < 1.29 is 0 Å². The van der Waals surface area contributed by atoms with Crippen LogP contribution in [-0.2, 0) is 6.54 Å². The molecular formula is C23H29ClN6S. The molecule has 1 aromatic carbocycles. The second kappa shape index (κ2) is 9.77. The Labute approximate surface area is 192 Å². The first-order valence-corrected chi connectivity index (χ1v) is 12.6. The van der Waals surface area contributed by atoms with Gasteiger partial charge in [0.15, 0.2) is 5.82 Å². The Hall–Kier alpha value is -1.80. The highest BCUT2D eigenvalue weighted by molar-refractivity contribution is 7.09. The first-order valence-electron chi connectivity index (χ1n) is 11.3. The average molecular weight is 457 g/mol. The summed E-state index contributed by atoms with van der Waals surface area (Å²) in [5, 5.41) is 15.7. The Balaban J connectivity index is 1.39. The lowest BCUT2D eigenvalue weighted by molar-refractivity contribution is 0.0620. The van der Waals surface area contributed by atoms with Gasteiger partial charge in [-0.15, -0.1) is 16.4 Å². The molecule has 1 atom stereocenters. The summed E-state index contributed by atoms with van der Waals surface area (Å²) in [5.41, 5.74) is 1.19. The van der Waals surface area contributed by atoms with Crippen LogP contribution in [0.1, 0.15) is 54.4 Å². The molecule has 164 valence electrons. The maximum absolute atomic E-state index is 6.19. The zero-order valence-corrected chi connectivity index (χ0v) is 19.3.